The normalized spacial score (nSPS) is 28.6. The maximum absolute atomic E-state index is 13.5. The highest BCUT2D eigenvalue weighted by Gasteiger charge is 2.44. The molecule has 4 aliphatic carbocycles. The van der Waals surface area contributed by atoms with Gasteiger partial charge >= 0.3 is 0 Å². The molecule has 6 aromatic rings. The summed E-state index contributed by atoms with van der Waals surface area (Å²) in [7, 11) is 3.43. The molecule has 0 amide bonds. The molecule has 4 heterocycles. The Morgan fingerprint density at radius 1 is 0.550 bits per heavy atom. The summed E-state index contributed by atoms with van der Waals surface area (Å²) in [5.41, 5.74) is 4.46. The summed E-state index contributed by atoms with van der Waals surface area (Å²) in [6, 6.07) is 17.0. The molecule has 0 bridgehead atoms. The maximum atomic E-state index is 13.5. The fourth-order valence-electron chi connectivity index (χ4n) is 9.23. The quantitative estimate of drug-likeness (QED) is 0.126. The van der Waals surface area contributed by atoms with Gasteiger partial charge in [0.05, 0.1) is 35.2 Å². The van der Waals surface area contributed by atoms with E-state index in [-0.39, 0.29) is 35.7 Å². The molecule has 10 nitrogen and oxygen atoms in total. The molecule has 2 aromatic carbocycles. The Morgan fingerprint density at radius 3 is 1.22 bits per heavy atom. The van der Waals surface area contributed by atoms with E-state index in [2.05, 4.69) is 20.4 Å². The number of nitrogens with zero attached hydrogens (tertiary/aromatic N) is 6. The summed E-state index contributed by atoms with van der Waals surface area (Å²) >= 11 is 0. The predicted molar refractivity (Wildman–Crippen MR) is 216 cm³/mol. The second-order valence-electron chi connectivity index (χ2n) is 16.9. The molecule has 0 saturated heterocycles. The van der Waals surface area contributed by atoms with Crippen LogP contribution in [-0.4, -0.2) is 68.0 Å². The van der Waals surface area contributed by atoms with Crippen molar-refractivity contribution < 1.29 is 36.5 Å². The van der Waals surface area contributed by atoms with Crippen LogP contribution >= 0.6 is 0 Å². The lowest BCUT2D eigenvalue weighted by atomic mass is 9.78. The summed E-state index contributed by atoms with van der Waals surface area (Å²) in [4.78, 5) is 0. The number of rotatable bonds is 10. The maximum Gasteiger partial charge on any atom is 0.167 e. The summed E-state index contributed by atoms with van der Waals surface area (Å²) in [5, 5.41) is 16.9. The molecule has 4 aliphatic rings. The van der Waals surface area contributed by atoms with Crippen LogP contribution in [0.15, 0.2) is 73.1 Å². The van der Waals surface area contributed by atoms with E-state index in [0.717, 1.165) is 96.4 Å². The Bertz CT molecular complexity index is 2290. The third kappa shape index (κ3) is 7.61. The fourth-order valence-corrected chi connectivity index (χ4v) is 9.23. The zero-order valence-corrected chi connectivity index (χ0v) is 34.3. The van der Waals surface area contributed by atoms with Gasteiger partial charge in [-0.15, -0.1) is 20.4 Å². The van der Waals surface area contributed by atoms with Crippen molar-refractivity contribution in [1.29, 1.82) is 0 Å². The Hall–Kier alpha value is -5.08. The van der Waals surface area contributed by atoms with Crippen LogP contribution in [0.1, 0.15) is 110 Å². The molecule has 4 atom stereocenters. The van der Waals surface area contributed by atoms with Gasteiger partial charge in [0.2, 0.25) is 0 Å². The van der Waals surface area contributed by atoms with Crippen molar-refractivity contribution in [3.05, 3.63) is 119 Å². The molecule has 4 fully saturated rings. The van der Waals surface area contributed by atoms with Crippen LogP contribution in [0.3, 0.4) is 0 Å². The van der Waals surface area contributed by atoms with Gasteiger partial charge in [0, 0.05) is 37.7 Å². The Kier molecular flexibility index (Phi) is 10.8. The minimum atomic E-state index is -0.807. The van der Waals surface area contributed by atoms with E-state index in [1.54, 1.807) is 14.2 Å². The molecular formula is C46H50F4N6O4. The first kappa shape index (κ1) is 40.3. The number of pyridine rings is 2. The van der Waals surface area contributed by atoms with Gasteiger partial charge < -0.3 is 18.9 Å². The van der Waals surface area contributed by atoms with Gasteiger partial charge in [-0.3, -0.25) is 8.80 Å². The first-order valence-electron chi connectivity index (χ1n) is 20.9. The van der Waals surface area contributed by atoms with E-state index in [9.17, 15) is 17.6 Å². The highest BCUT2D eigenvalue weighted by molar-refractivity contribution is 5.55. The molecule has 0 radical (unpaired) electrons. The van der Waals surface area contributed by atoms with Crippen molar-refractivity contribution in [3.63, 3.8) is 0 Å². The van der Waals surface area contributed by atoms with Crippen molar-refractivity contribution in [1.82, 2.24) is 29.2 Å². The largest absolute Gasteiger partial charge is 0.490 e. The first-order chi connectivity index (χ1) is 29.0. The first-order valence-corrected chi connectivity index (χ1v) is 20.9. The lowest BCUT2D eigenvalue weighted by molar-refractivity contribution is -0.0650. The molecule has 0 spiro atoms. The number of halogens is 4. The summed E-state index contributed by atoms with van der Waals surface area (Å²) in [5.74, 6) is 2.18. The number of ether oxygens (including phenoxy) is 4. The van der Waals surface area contributed by atoms with Gasteiger partial charge in [0.15, 0.2) is 11.3 Å². The van der Waals surface area contributed by atoms with Crippen molar-refractivity contribution in [2.75, 3.05) is 14.2 Å². The SMILES string of the molecule is COC1(c2ccc(F)cc2)CCC(Oc2ccn3c([C@@H]4C[C@H]4F)nnc3c2C)CC1.COC1(c2ccc(F)cc2)CCC(Oc2ccn3c([C@H]4C[C@@H]4F)nnc3c2C)CC1. The molecule has 14 heteroatoms. The van der Waals surface area contributed by atoms with Crippen LogP contribution in [0.2, 0.25) is 0 Å². The molecule has 0 N–H and O–H groups in total. The number of methoxy groups -OCH3 is 2. The second kappa shape index (κ2) is 16.1. The smallest absolute Gasteiger partial charge is 0.167 e. The number of hydrogen-bond acceptors (Lipinski definition) is 8. The summed E-state index contributed by atoms with van der Waals surface area (Å²) in [6.45, 7) is 3.92. The van der Waals surface area contributed by atoms with Crippen LogP contribution in [0, 0.1) is 25.5 Å². The van der Waals surface area contributed by atoms with E-state index >= 15 is 0 Å². The number of fused-ring (bicyclic) bond motifs is 2. The van der Waals surface area contributed by atoms with Crippen LogP contribution in [0.5, 0.6) is 11.5 Å². The van der Waals surface area contributed by atoms with Crippen molar-refractivity contribution >= 4 is 11.3 Å². The Morgan fingerprint density at radius 2 is 0.900 bits per heavy atom. The molecule has 0 aliphatic heterocycles. The van der Waals surface area contributed by atoms with Crippen LogP contribution in [0.25, 0.3) is 11.3 Å². The number of alkyl halides is 2. The predicted octanol–water partition coefficient (Wildman–Crippen LogP) is 9.73. The highest BCUT2D eigenvalue weighted by atomic mass is 19.1. The summed E-state index contributed by atoms with van der Waals surface area (Å²) < 4.78 is 81.7. The van der Waals surface area contributed by atoms with E-state index in [4.69, 9.17) is 18.9 Å². The molecule has 316 valence electrons. The topological polar surface area (TPSA) is 97.3 Å². The number of hydrogen-bond donors (Lipinski definition) is 0. The average molecular weight is 827 g/mol. The molecule has 4 aromatic heterocycles. The van der Waals surface area contributed by atoms with Crippen molar-refractivity contribution in [2.24, 2.45) is 0 Å². The zero-order chi connectivity index (χ0) is 41.8. The van der Waals surface area contributed by atoms with E-state index in [1.807, 2.05) is 71.4 Å². The van der Waals surface area contributed by atoms with Crippen LogP contribution in [0.4, 0.5) is 17.6 Å². The number of aryl methyl sites for hydroxylation is 2. The molecular weight excluding hydrogens is 777 g/mol. The minimum Gasteiger partial charge on any atom is -0.490 e. The van der Waals surface area contributed by atoms with E-state index in [1.165, 1.54) is 24.3 Å². The van der Waals surface area contributed by atoms with Gasteiger partial charge in [-0.1, -0.05) is 24.3 Å². The summed E-state index contributed by atoms with van der Waals surface area (Å²) in [6.07, 6.45) is 9.85. The monoisotopic (exact) mass is 826 g/mol. The van der Waals surface area contributed by atoms with Crippen molar-refractivity contribution in [2.45, 2.75) is 126 Å². The second-order valence-corrected chi connectivity index (χ2v) is 16.9. The fraction of sp³-hybridized carbons (Fsp3) is 0.478. The average Bonchev–Trinajstić information content (AvgIpc) is 4.06. The number of benzene rings is 2. The minimum absolute atomic E-state index is 0.0657. The molecule has 4 saturated carbocycles. The standard InChI is InChI=1S/2C23H25F2N3O2/c2*1-14-20(9-12-28-21(14)26-27-22(28)18-13-19(18)25)30-17-7-10-23(29-2,11-8-17)15-3-5-16(24)6-4-15/h2*3-6,9,12,17-19H,7-8,10-11,13H2,1-2H3/t2*17?,18-,19-,23?/m10/s1. The van der Waals surface area contributed by atoms with Gasteiger partial charge in [-0.2, -0.15) is 0 Å². The lowest BCUT2D eigenvalue weighted by Crippen LogP contribution is -2.37. The van der Waals surface area contributed by atoms with Gasteiger partial charge in [0.25, 0.3) is 0 Å². The van der Waals surface area contributed by atoms with Gasteiger partial charge in [-0.25, -0.2) is 17.6 Å². The van der Waals surface area contributed by atoms with E-state index < -0.39 is 23.5 Å². The highest BCUT2D eigenvalue weighted by Crippen LogP contribution is 2.46. The molecule has 10 rings (SSSR count). The van der Waals surface area contributed by atoms with Gasteiger partial charge in [0.1, 0.15) is 47.1 Å². The van der Waals surface area contributed by atoms with Crippen LogP contribution < -0.4 is 9.47 Å². The number of aromatic nitrogens is 6. The zero-order valence-electron chi connectivity index (χ0n) is 34.3. The van der Waals surface area contributed by atoms with Gasteiger partial charge in [-0.05, 0) is 126 Å². The third-order valence-electron chi connectivity index (χ3n) is 13.3. The third-order valence-corrected chi connectivity index (χ3v) is 13.3. The van der Waals surface area contributed by atoms with Crippen LogP contribution in [-0.2, 0) is 20.7 Å². The Labute approximate surface area is 346 Å². The Balaban J connectivity index is 0.000000154. The van der Waals surface area contributed by atoms with Crippen molar-refractivity contribution in [3.8, 4) is 11.5 Å². The lowest BCUT2D eigenvalue weighted by Gasteiger charge is -2.39. The molecule has 0 unspecified atom stereocenters. The molecule has 60 heavy (non-hydrogen) atoms. The van der Waals surface area contributed by atoms with E-state index in [0.29, 0.717) is 24.5 Å².